The summed E-state index contributed by atoms with van der Waals surface area (Å²) in [5, 5.41) is 7.92. The van der Waals surface area contributed by atoms with Crippen molar-refractivity contribution in [3.8, 4) is 5.75 Å². The van der Waals surface area contributed by atoms with Gasteiger partial charge in [0.1, 0.15) is 12.4 Å². The molecule has 0 aliphatic carbocycles. The van der Waals surface area contributed by atoms with E-state index in [0.29, 0.717) is 24.5 Å². The van der Waals surface area contributed by atoms with Crippen molar-refractivity contribution in [3.63, 3.8) is 0 Å². The molecule has 3 rings (SSSR count). The van der Waals surface area contributed by atoms with Crippen molar-refractivity contribution in [2.75, 3.05) is 6.54 Å². The van der Waals surface area contributed by atoms with E-state index in [-0.39, 0.29) is 5.91 Å². The minimum atomic E-state index is -0.110. The van der Waals surface area contributed by atoms with E-state index in [1.807, 2.05) is 29.8 Å². The number of benzene rings is 1. The van der Waals surface area contributed by atoms with Gasteiger partial charge in [-0.2, -0.15) is 0 Å². The highest BCUT2D eigenvalue weighted by Gasteiger charge is 2.07. The van der Waals surface area contributed by atoms with Crippen LogP contribution in [0.4, 0.5) is 0 Å². The second-order valence-electron chi connectivity index (χ2n) is 5.16. The molecule has 0 fully saturated rings. The third-order valence-corrected chi connectivity index (χ3v) is 4.76. The molecule has 0 radical (unpaired) electrons. The minimum absolute atomic E-state index is 0.110. The van der Waals surface area contributed by atoms with Crippen molar-refractivity contribution >= 4 is 28.6 Å². The predicted octanol–water partition coefficient (Wildman–Crippen LogP) is 3.46. The second-order valence-corrected chi connectivity index (χ2v) is 6.94. The lowest BCUT2D eigenvalue weighted by molar-refractivity contribution is 0.0953. The topological polar surface area (TPSA) is 64.1 Å². The molecule has 0 aliphatic rings. The van der Waals surface area contributed by atoms with Gasteiger partial charge in [-0.05, 0) is 25.1 Å². The van der Waals surface area contributed by atoms with Crippen molar-refractivity contribution in [3.05, 3.63) is 62.5 Å². The number of carbonyl (C=O) groups is 1. The zero-order valence-corrected chi connectivity index (χ0v) is 14.8. The Bertz CT molecular complexity index is 800. The summed E-state index contributed by atoms with van der Waals surface area (Å²) >= 11 is 3.15. The van der Waals surface area contributed by atoms with Crippen LogP contribution in [-0.4, -0.2) is 22.4 Å². The van der Waals surface area contributed by atoms with E-state index < -0.39 is 0 Å². The molecule has 0 saturated carbocycles. The van der Waals surface area contributed by atoms with Crippen LogP contribution in [0.25, 0.3) is 0 Å². The van der Waals surface area contributed by atoms with Crippen molar-refractivity contribution < 1.29 is 9.53 Å². The zero-order valence-electron chi connectivity index (χ0n) is 13.2. The summed E-state index contributed by atoms with van der Waals surface area (Å²) in [5.74, 6) is 0.548. The van der Waals surface area contributed by atoms with E-state index in [1.165, 1.54) is 11.3 Å². The molecule has 1 N–H and O–H groups in total. The summed E-state index contributed by atoms with van der Waals surface area (Å²) in [6.45, 7) is 2.94. The fourth-order valence-electron chi connectivity index (χ4n) is 2.12. The molecule has 24 heavy (non-hydrogen) atoms. The molecular formula is C17H17N3O2S2. The molecular weight excluding hydrogens is 342 g/mol. The molecule has 124 valence electrons. The predicted molar refractivity (Wildman–Crippen MR) is 95.8 cm³/mol. The van der Waals surface area contributed by atoms with Crippen LogP contribution >= 0.6 is 22.7 Å². The summed E-state index contributed by atoms with van der Waals surface area (Å²) in [6.07, 6.45) is 0.732. The number of hydrogen-bond acceptors (Lipinski definition) is 6. The molecule has 7 heteroatoms. The van der Waals surface area contributed by atoms with E-state index in [9.17, 15) is 4.79 Å². The van der Waals surface area contributed by atoms with Gasteiger partial charge in [0.05, 0.1) is 21.9 Å². The second kappa shape index (κ2) is 8.03. The maximum Gasteiger partial charge on any atom is 0.251 e. The molecule has 0 saturated heterocycles. The summed E-state index contributed by atoms with van der Waals surface area (Å²) < 4.78 is 5.67. The molecule has 0 atom stereocenters. The number of thiazole rings is 2. The Labute approximate surface area is 148 Å². The molecule has 0 unspecified atom stereocenters. The highest BCUT2D eigenvalue weighted by molar-refractivity contribution is 7.09. The number of ether oxygens (including phenoxy) is 1. The number of carbonyl (C=O) groups excluding carboxylic acids is 1. The van der Waals surface area contributed by atoms with Crippen LogP contribution in [0.3, 0.4) is 0 Å². The number of aromatic nitrogens is 2. The van der Waals surface area contributed by atoms with Gasteiger partial charge in [0.2, 0.25) is 0 Å². The van der Waals surface area contributed by atoms with E-state index in [1.54, 1.807) is 29.0 Å². The van der Waals surface area contributed by atoms with E-state index >= 15 is 0 Å². The average Bonchev–Trinajstić information content (AvgIpc) is 3.25. The third kappa shape index (κ3) is 4.62. The lowest BCUT2D eigenvalue weighted by atomic mass is 10.2. The quantitative estimate of drug-likeness (QED) is 0.702. The molecule has 3 aromatic rings. The van der Waals surface area contributed by atoms with Gasteiger partial charge in [-0.3, -0.25) is 4.79 Å². The van der Waals surface area contributed by atoms with Crippen LogP contribution in [0, 0.1) is 6.92 Å². The van der Waals surface area contributed by atoms with Gasteiger partial charge in [-0.1, -0.05) is 6.07 Å². The Morgan fingerprint density at radius 3 is 2.96 bits per heavy atom. The molecule has 0 aliphatic heterocycles. The minimum Gasteiger partial charge on any atom is -0.487 e. The summed E-state index contributed by atoms with van der Waals surface area (Å²) in [6, 6.07) is 7.17. The number of aryl methyl sites for hydroxylation is 1. The van der Waals surface area contributed by atoms with E-state index in [0.717, 1.165) is 22.8 Å². The van der Waals surface area contributed by atoms with Crippen LogP contribution in [0.1, 0.15) is 26.8 Å². The molecule has 1 amide bonds. The monoisotopic (exact) mass is 359 g/mol. The lowest BCUT2D eigenvalue weighted by Gasteiger charge is -2.07. The Hall–Kier alpha value is -2.25. The first-order valence-electron chi connectivity index (χ1n) is 7.50. The van der Waals surface area contributed by atoms with E-state index in [4.69, 9.17) is 4.74 Å². The number of nitrogens with one attached hydrogen (secondary N) is 1. The van der Waals surface area contributed by atoms with Crippen LogP contribution in [0.5, 0.6) is 5.75 Å². The fraction of sp³-hybridized carbons (Fsp3) is 0.235. The number of rotatable bonds is 7. The Morgan fingerprint density at radius 1 is 1.29 bits per heavy atom. The first-order chi connectivity index (χ1) is 11.7. The highest BCUT2D eigenvalue weighted by atomic mass is 32.1. The van der Waals surface area contributed by atoms with Gasteiger partial charge in [0.15, 0.2) is 0 Å². The number of nitrogens with zero attached hydrogens (tertiary/aromatic N) is 2. The van der Waals surface area contributed by atoms with Crippen molar-refractivity contribution in [1.29, 1.82) is 0 Å². The van der Waals surface area contributed by atoms with E-state index in [2.05, 4.69) is 15.3 Å². The maximum absolute atomic E-state index is 12.2. The van der Waals surface area contributed by atoms with Crippen molar-refractivity contribution in [2.24, 2.45) is 0 Å². The molecule has 2 heterocycles. The van der Waals surface area contributed by atoms with Gasteiger partial charge in [-0.15, -0.1) is 22.7 Å². The number of hydrogen-bond donors (Lipinski definition) is 1. The molecule has 1 aromatic carbocycles. The third-order valence-electron chi connectivity index (χ3n) is 3.30. The van der Waals surface area contributed by atoms with Crippen molar-refractivity contribution in [1.82, 2.24) is 15.3 Å². The molecule has 0 bridgehead atoms. The number of amides is 1. The Morgan fingerprint density at radius 2 is 2.21 bits per heavy atom. The van der Waals surface area contributed by atoms with Gasteiger partial charge in [0, 0.05) is 29.3 Å². The van der Waals surface area contributed by atoms with Crippen LogP contribution < -0.4 is 10.1 Å². The first kappa shape index (κ1) is 16.6. The van der Waals surface area contributed by atoms with Gasteiger partial charge < -0.3 is 10.1 Å². The molecule has 5 nitrogen and oxygen atoms in total. The zero-order chi connectivity index (χ0) is 16.8. The summed E-state index contributed by atoms with van der Waals surface area (Å²) in [4.78, 5) is 20.8. The lowest BCUT2D eigenvalue weighted by Crippen LogP contribution is -2.25. The highest BCUT2D eigenvalue weighted by Crippen LogP contribution is 2.15. The Balaban J connectivity index is 1.51. The van der Waals surface area contributed by atoms with Crippen LogP contribution in [0.2, 0.25) is 0 Å². The maximum atomic E-state index is 12.2. The van der Waals surface area contributed by atoms with Crippen LogP contribution in [-0.2, 0) is 13.0 Å². The smallest absolute Gasteiger partial charge is 0.251 e. The molecule has 2 aromatic heterocycles. The first-order valence-corrected chi connectivity index (χ1v) is 9.32. The molecule has 0 spiro atoms. The van der Waals surface area contributed by atoms with Gasteiger partial charge >= 0.3 is 0 Å². The standard InChI is InChI=1S/C17H17N3O2S2/c1-12-20-14(10-24-12)5-6-18-17(21)13-3-2-4-16(7-13)22-8-15-9-23-11-19-15/h2-4,7,9-11H,5-6,8H2,1H3,(H,18,21). The average molecular weight is 359 g/mol. The van der Waals surface area contributed by atoms with Gasteiger partial charge in [-0.25, -0.2) is 9.97 Å². The Kier molecular flexibility index (Phi) is 5.55. The van der Waals surface area contributed by atoms with Crippen LogP contribution in [0.15, 0.2) is 40.5 Å². The largest absolute Gasteiger partial charge is 0.487 e. The normalized spacial score (nSPS) is 10.5. The SMILES string of the molecule is Cc1nc(CCNC(=O)c2cccc(OCc3cscn3)c2)cs1. The fourth-order valence-corrected chi connectivity index (χ4v) is 3.31. The summed E-state index contributed by atoms with van der Waals surface area (Å²) in [7, 11) is 0. The van der Waals surface area contributed by atoms with Gasteiger partial charge in [0.25, 0.3) is 5.91 Å². The van der Waals surface area contributed by atoms with Crippen molar-refractivity contribution in [2.45, 2.75) is 20.0 Å². The summed E-state index contributed by atoms with van der Waals surface area (Å²) in [5.41, 5.74) is 4.25.